The number of benzene rings is 3. The smallest absolute Gasteiger partial charge is 0.345 e. The zero-order valence-corrected chi connectivity index (χ0v) is 16.7. The Morgan fingerprint density at radius 3 is 2.30 bits per heavy atom. The van der Waals surface area contributed by atoms with Crippen molar-refractivity contribution in [2.75, 3.05) is 0 Å². The van der Waals surface area contributed by atoms with Crippen LogP contribution in [0.25, 0.3) is 0 Å². The fourth-order valence-electron chi connectivity index (χ4n) is 2.38. The van der Waals surface area contributed by atoms with Gasteiger partial charge in [-0.15, -0.1) is 0 Å². The van der Waals surface area contributed by atoms with Gasteiger partial charge in [0.2, 0.25) is 0 Å². The number of esters is 1. The van der Waals surface area contributed by atoms with Gasteiger partial charge in [-0.05, 0) is 60.2 Å². The number of rotatable bonds is 5. The Balaban J connectivity index is 1.60. The van der Waals surface area contributed by atoms with Gasteiger partial charge in [-0.3, -0.25) is 4.79 Å². The van der Waals surface area contributed by atoms with E-state index in [0.29, 0.717) is 16.3 Å². The number of hydrogen-bond acceptors (Lipinski definition) is 6. The highest BCUT2D eigenvalue weighted by Crippen LogP contribution is 2.23. The minimum atomic E-state index is -0.644. The normalized spacial score (nSPS) is 10.7. The number of carbonyl (C=O) groups excluding carboxylic acids is 2. The first-order chi connectivity index (χ1) is 14.3. The van der Waals surface area contributed by atoms with E-state index in [4.69, 9.17) is 27.9 Å². The zero-order valence-electron chi connectivity index (χ0n) is 15.2. The summed E-state index contributed by atoms with van der Waals surface area (Å²) in [5.74, 6) is -1.50. The largest absolute Gasteiger partial charge is 0.508 e. The molecule has 0 aliphatic carbocycles. The summed E-state index contributed by atoms with van der Waals surface area (Å²) in [6.45, 7) is 0. The molecule has 0 atom stereocenters. The number of phenolic OH excluding ortho intramolecular Hbond substituents is 2. The summed E-state index contributed by atoms with van der Waals surface area (Å²) in [5.41, 5.74) is 3.04. The molecule has 0 fully saturated rings. The summed E-state index contributed by atoms with van der Waals surface area (Å²) in [4.78, 5) is 24.2. The molecule has 152 valence electrons. The minimum absolute atomic E-state index is 0.0342. The molecule has 3 aromatic carbocycles. The van der Waals surface area contributed by atoms with Crippen molar-refractivity contribution in [2.45, 2.75) is 0 Å². The van der Waals surface area contributed by atoms with Gasteiger partial charge in [0.15, 0.2) is 0 Å². The molecule has 0 unspecified atom stereocenters. The van der Waals surface area contributed by atoms with E-state index >= 15 is 0 Å². The van der Waals surface area contributed by atoms with Crippen molar-refractivity contribution in [3.63, 3.8) is 0 Å². The first-order valence-corrected chi connectivity index (χ1v) is 9.22. The van der Waals surface area contributed by atoms with Crippen LogP contribution in [0.2, 0.25) is 10.0 Å². The van der Waals surface area contributed by atoms with E-state index in [-0.39, 0.29) is 27.6 Å². The summed E-state index contributed by atoms with van der Waals surface area (Å²) < 4.78 is 5.27. The van der Waals surface area contributed by atoms with Crippen LogP contribution in [0.5, 0.6) is 17.2 Å². The number of aromatic hydroxyl groups is 2. The van der Waals surface area contributed by atoms with Crippen LogP contribution < -0.4 is 10.2 Å². The van der Waals surface area contributed by atoms with Crippen molar-refractivity contribution in [1.29, 1.82) is 0 Å². The van der Waals surface area contributed by atoms with Gasteiger partial charge in [-0.2, -0.15) is 5.10 Å². The molecule has 1 amide bonds. The summed E-state index contributed by atoms with van der Waals surface area (Å²) in [7, 11) is 0. The Labute approximate surface area is 181 Å². The van der Waals surface area contributed by atoms with Crippen LogP contribution in [0.15, 0.2) is 65.8 Å². The van der Waals surface area contributed by atoms with Crippen molar-refractivity contribution in [3.05, 3.63) is 87.4 Å². The summed E-state index contributed by atoms with van der Waals surface area (Å²) >= 11 is 11.8. The van der Waals surface area contributed by atoms with E-state index < -0.39 is 11.9 Å². The molecule has 7 nitrogen and oxygen atoms in total. The van der Waals surface area contributed by atoms with Gasteiger partial charge >= 0.3 is 5.97 Å². The number of amides is 1. The van der Waals surface area contributed by atoms with Crippen LogP contribution in [-0.4, -0.2) is 28.3 Å². The highest BCUT2D eigenvalue weighted by molar-refractivity contribution is 6.36. The first kappa shape index (κ1) is 21.2. The molecule has 0 aromatic heterocycles. The van der Waals surface area contributed by atoms with Gasteiger partial charge in [0.05, 0.1) is 22.4 Å². The Morgan fingerprint density at radius 2 is 1.63 bits per heavy atom. The molecule has 0 heterocycles. The van der Waals surface area contributed by atoms with Gasteiger partial charge < -0.3 is 14.9 Å². The molecule has 0 aliphatic heterocycles. The van der Waals surface area contributed by atoms with Crippen molar-refractivity contribution >= 4 is 41.3 Å². The lowest BCUT2D eigenvalue weighted by Crippen LogP contribution is -2.17. The SMILES string of the molecule is O=C(NN=Cc1ccc(OC(=O)c2ccc(Cl)cc2Cl)cc1)c1ccc(O)cc1O. The average molecular weight is 445 g/mol. The minimum Gasteiger partial charge on any atom is -0.508 e. The number of halogens is 2. The van der Waals surface area contributed by atoms with Crippen molar-refractivity contribution in [3.8, 4) is 17.2 Å². The Bertz CT molecular complexity index is 1130. The molecule has 30 heavy (non-hydrogen) atoms. The fraction of sp³-hybridized carbons (Fsp3) is 0. The van der Waals surface area contributed by atoms with Gasteiger partial charge in [0.1, 0.15) is 17.2 Å². The predicted octanol–water partition coefficient (Wildman–Crippen LogP) is 4.39. The van der Waals surface area contributed by atoms with E-state index in [1.54, 1.807) is 24.3 Å². The highest BCUT2D eigenvalue weighted by Gasteiger charge is 2.13. The molecule has 3 N–H and O–H groups in total. The Hall–Kier alpha value is -3.55. The summed E-state index contributed by atoms with van der Waals surface area (Å²) in [6.07, 6.45) is 1.37. The summed E-state index contributed by atoms with van der Waals surface area (Å²) in [5, 5.41) is 23.3. The van der Waals surface area contributed by atoms with Crippen LogP contribution >= 0.6 is 23.2 Å². The molecule has 3 aromatic rings. The van der Waals surface area contributed by atoms with Crippen LogP contribution in [-0.2, 0) is 0 Å². The standard InChI is InChI=1S/C21H14Cl2N2O5/c22-13-3-7-16(18(23)9-13)21(29)30-15-5-1-12(2-6-15)11-24-25-20(28)17-8-4-14(26)10-19(17)27/h1-11,26-27H,(H,25,28). The Morgan fingerprint density at radius 1 is 0.933 bits per heavy atom. The third-order valence-electron chi connectivity index (χ3n) is 3.85. The molecule has 9 heteroatoms. The van der Waals surface area contributed by atoms with Crippen LogP contribution in [0.1, 0.15) is 26.3 Å². The molecule has 0 saturated heterocycles. The number of hydrogen-bond donors (Lipinski definition) is 3. The number of carbonyl (C=O) groups is 2. The van der Waals surface area contributed by atoms with Crippen LogP contribution in [0.3, 0.4) is 0 Å². The van der Waals surface area contributed by atoms with Crippen LogP contribution in [0, 0.1) is 0 Å². The number of ether oxygens (including phenoxy) is 1. The lowest BCUT2D eigenvalue weighted by Gasteiger charge is -2.06. The lowest BCUT2D eigenvalue weighted by atomic mass is 10.2. The topological polar surface area (TPSA) is 108 Å². The van der Waals surface area contributed by atoms with Crippen molar-refractivity contribution < 1.29 is 24.5 Å². The van der Waals surface area contributed by atoms with Gasteiger partial charge in [-0.1, -0.05) is 23.2 Å². The number of hydrazone groups is 1. The van der Waals surface area contributed by atoms with Crippen molar-refractivity contribution in [2.24, 2.45) is 5.10 Å². The van der Waals surface area contributed by atoms with Gasteiger partial charge in [0.25, 0.3) is 5.91 Å². The maximum atomic E-state index is 12.2. The number of nitrogens with one attached hydrogen (secondary N) is 1. The first-order valence-electron chi connectivity index (χ1n) is 8.46. The third-order valence-corrected chi connectivity index (χ3v) is 4.40. The van der Waals surface area contributed by atoms with E-state index in [1.807, 2.05) is 0 Å². The predicted molar refractivity (Wildman–Crippen MR) is 113 cm³/mol. The second kappa shape index (κ2) is 9.30. The molecular weight excluding hydrogens is 431 g/mol. The molecule has 0 saturated carbocycles. The molecule has 3 rings (SSSR count). The van der Waals surface area contributed by atoms with Gasteiger partial charge in [-0.25, -0.2) is 10.2 Å². The van der Waals surface area contributed by atoms with Crippen molar-refractivity contribution in [1.82, 2.24) is 5.43 Å². The number of phenols is 2. The maximum Gasteiger partial charge on any atom is 0.345 e. The quantitative estimate of drug-likeness (QED) is 0.234. The average Bonchev–Trinajstić information content (AvgIpc) is 2.69. The summed E-state index contributed by atoms with van der Waals surface area (Å²) in [6, 6.07) is 14.4. The van der Waals surface area contributed by atoms with E-state index in [9.17, 15) is 19.8 Å². The van der Waals surface area contributed by atoms with E-state index in [0.717, 1.165) is 6.07 Å². The third kappa shape index (κ3) is 5.28. The molecule has 0 aliphatic rings. The van der Waals surface area contributed by atoms with Crippen LogP contribution in [0.4, 0.5) is 0 Å². The maximum absolute atomic E-state index is 12.2. The second-order valence-corrected chi connectivity index (χ2v) is 6.83. The fourth-order valence-corrected chi connectivity index (χ4v) is 2.86. The number of nitrogens with zero attached hydrogens (tertiary/aromatic N) is 1. The zero-order chi connectivity index (χ0) is 21.7. The van der Waals surface area contributed by atoms with E-state index in [2.05, 4.69) is 10.5 Å². The molecule has 0 radical (unpaired) electrons. The monoisotopic (exact) mass is 444 g/mol. The molecular formula is C21H14Cl2N2O5. The highest BCUT2D eigenvalue weighted by atomic mass is 35.5. The molecule has 0 bridgehead atoms. The van der Waals surface area contributed by atoms with Gasteiger partial charge in [0, 0.05) is 11.1 Å². The molecule has 0 spiro atoms. The lowest BCUT2D eigenvalue weighted by molar-refractivity contribution is 0.0734. The van der Waals surface area contributed by atoms with E-state index in [1.165, 1.54) is 36.5 Å². The second-order valence-electron chi connectivity index (χ2n) is 5.98. The Kier molecular flexibility index (Phi) is 6.56.